The van der Waals surface area contributed by atoms with Crippen molar-refractivity contribution in [2.75, 3.05) is 31.2 Å². The molecule has 1 aliphatic heterocycles. The fraction of sp³-hybridized carbons (Fsp3) is 0.250. The minimum atomic E-state index is 0.719. The van der Waals surface area contributed by atoms with Gasteiger partial charge >= 0.3 is 0 Å². The molecule has 0 bridgehead atoms. The molecule has 1 saturated heterocycles. The van der Waals surface area contributed by atoms with Crippen molar-refractivity contribution >= 4 is 5.69 Å². The maximum absolute atomic E-state index is 10.1. The molecule has 0 spiro atoms. The highest BCUT2D eigenvalue weighted by atomic mass is 16.5. The lowest BCUT2D eigenvalue weighted by Gasteiger charge is -2.35. The number of rotatable bonds is 2. The van der Waals surface area contributed by atoms with Crippen molar-refractivity contribution in [3.05, 3.63) is 84.2 Å². The minimum Gasteiger partial charge on any atom is -0.378 e. The molecular weight excluding hydrogens is 332 g/mol. The summed E-state index contributed by atoms with van der Waals surface area (Å²) in [6.07, 6.45) is 10.3. The van der Waals surface area contributed by atoms with Crippen molar-refractivity contribution in [1.29, 1.82) is 5.26 Å². The van der Waals surface area contributed by atoms with Crippen LogP contribution in [0.5, 0.6) is 0 Å². The van der Waals surface area contributed by atoms with Gasteiger partial charge in [0, 0.05) is 19.0 Å². The van der Waals surface area contributed by atoms with Crippen LogP contribution < -0.4 is 4.90 Å². The molecule has 2 aromatic carbocycles. The predicted octanol–water partition coefficient (Wildman–Crippen LogP) is 3.91. The smallest absolute Gasteiger partial charge is 0.102 e. The summed E-state index contributed by atoms with van der Waals surface area (Å²) in [5, 5.41) is 10.1. The van der Waals surface area contributed by atoms with Crippen molar-refractivity contribution in [1.82, 2.24) is 0 Å². The average Bonchev–Trinajstić information content (AvgIpc) is 3.27. The molecule has 2 aliphatic carbocycles. The lowest BCUT2D eigenvalue weighted by atomic mass is 9.79. The fourth-order valence-electron chi connectivity index (χ4n) is 4.49. The molecule has 1 heterocycles. The van der Waals surface area contributed by atoms with E-state index in [1.54, 1.807) is 0 Å². The van der Waals surface area contributed by atoms with Crippen LogP contribution in [-0.2, 0) is 17.6 Å². The zero-order valence-electron chi connectivity index (χ0n) is 15.2. The van der Waals surface area contributed by atoms with Gasteiger partial charge in [-0.1, -0.05) is 24.3 Å². The van der Waals surface area contributed by atoms with E-state index in [2.05, 4.69) is 54.1 Å². The molecule has 0 aromatic heterocycles. The van der Waals surface area contributed by atoms with Crippen molar-refractivity contribution < 1.29 is 4.74 Å². The third-order valence-electron chi connectivity index (χ3n) is 5.77. The summed E-state index contributed by atoms with van der Waals surface area (Å²) in [7, 11) is 0. The Bertz CT molecular complexity index is 899. The summed E-state index contributed by atoms with van der Waals surface area (Å²) >= 11 is 0. The second-order valence-electron chi connectivity index (χ2n) is 7.22. The third-order valence-corrected chi connectivity index (χ3v) is 5.77. The van der Waals surface area contributed by atoms with Gasteiger partial charge in [-0.05, 0) is 72.4 Å². The predicted molar refractivity (Wildman–Crippen MR) is 107 cm³/mol. The quantitative estimate of drug-likeness (QED) is 0.821. The first-order valence-corrected chi connectivity index (χ1v) is 9.60. The Balaban J connectivity index is 1.75. The van der Waals surface area contributed by atoms with Gasteiger partial charge in [0.2, 0.25) is 0 Å². The Morgan fingerprint density at radius 2 is 1.70 bits per heavy atom. The molecule has 0 atom stereocenters. The van der Waals surface area contributed by atoms with Crippen LogP contribution in [0.2, 0.25) is 0 Å². The number of ether oxygens (including phenoxy) is 1. The Labute approximate surface area is 161 Å². The molecule has 0 amide bonds. The first kappa shape index (κ1) is 16.8. The van der Waals surface area contributed by atoms with Crippen LogP contribution in [0.15, 0.2) is 30.3 Å². The standard InChI is InChI=1S/C24H21N2O/c25-16-23-21(17-5-1-2-6-17)15-22-19-8-4-3-7-18(19)9-10-20(22)24(23)26-11-13-27-14-12-26/h1-8,15H,9-14H2. The fourth-order valence-corrected chi connectivity index (χ4v) is 4.49. The van der Waals surface area contributed by atoms with Crippen LogP contribution in [0.3, 0.4) is 0 Å². The third kappa shape index (κ3) is 2.84. The van der Waals surface area contributed by atoms with Gasteiger partial charge in [0.1, 0.15) is 6.07 Å². The second kappa shape index (κ2) is 7.02. The maximum atomic E-state index is 10.1. The van der Waals surface area contributed by atoms with Gasteiger partial charge in [-0.3, -0.25) is 0 Å². The van der Waals surface area contributed by atoms with Crippen LogP contribution in [0.25, 0.3) is 11.1 Å². The molecule has 2 aromatic rings. The Hall–Kier alpha value is -2.31. The molecule has 0 N–H and O–H groups in total. The molecule has 1 saturated carbocycles. The first-order valence-electron chi connectivity index (χ1n) is 9.60. The van der Waals surface area contributed by atoms with E-state index >= 15 is 0 Å². The minimum absolute atomic E-state index is 0.719. The summed E-state index contributed by atoms with van der Waals surface area (Å²) in [4.78, 5) is 2.36. The monoisotopic (exact) mass is 353 g/mol. The molecule has 3 nitrogen and oxygen atoms in total. The molecule has 3 aliphatic rings. The maximum Gasteiger partial charge on any atom is 0.102 e. The summed E-state index contributed by atoms with van der Waals surface area (Å²) in [6.45, 7) is 3.12. The largest absolute Gasteiger partial charge is 0.378 e. The molecule has 27 heavy (non-hydrogen) atoms. The van der Waals surface area contributed by atoms with E-state index < -0.39 is 0 Å². The number of benzene rings is 2. The molecule has 2 fully saturated rings. The van der Waals surface area contributed by atoms with Crippen LogP contribution in [0, 0.1) is 42.9 Å². The Morgan fingerprint density at radius 1 is 0.926 bits per heavy atom. The normalized spacial score (nSPS) is 19.4. The number of hydrogen-bond acceptors (Lipinski definition) is 3. The highest BCUT2D eigenvalue weighted by Gasteiger charge is 2.31. The summed E-state index contributed by atoms with van der Waals surface area (Å²) in [6, 6.07) is 13.5. The summed E-state index contributed by atoms with van der Waals surface area (Å²) in [5.41, 5.74) is 8.29. The van der Waals surface area contributed by atoms with Crippen LogP contribution in [0.4, 0.5) is 5.69 Å². The van der Waals surface area contributed by atoms with Gasteiger partial charge in [0.25, 0.3) is 0 Å². The number of fused-ring (bicyclic) bond motifs is 3. The molecule has 5 radical (unpaired) electrons. The van der Waals surface area contributed by atoms with Crippen molar-refractivity contribution in [2.45, 2.75) is 12.8 Å². The zero-order valence-corrected chi connectivity index (χ0v) is 15.2. The van der Waals surface area contributed by atoms with Gasteiger partial charge in [-0.25, -0.2) is 0 Å². The van der Waals surface area contributed by atoms with E-state index in [9.17, 15) is 5.26 Å². The van der Waals surface area contributed by atoms with E-state index in [0.717, 1.165) is 61.9 Å². The van der Waals surface area contributed by atoms with Crippen LogP contribution >= 0.6 is 0 Å². The van der Waals surface area contributed by atoms with E-state index in [1.165, 1.54) is 22.3 Å². The molecule has 3 heteroatoms. The van der Waals surface area contributed by atoms with Crippen molar-refractivity contribution in [3.8, 4) is 17.2 Å². The Morgan fingerprint density at radius 3 is 2.48 bits per heavy atom. The number of morpholine rings is 1. The number of hydrogen-bond donors (Lipinski definition) is 0. The second-order valence-corrected chi connectivity index (χ2v) is 7.22. The van der Waals surface area contributed by atoms with Gasteiger partial charge in [-0.15, -0.1) is 0 Å². The Kier molecular flexibility index (Phi) is 4.38. The number of nitrogens with zero attached hydrogens (tertiary/aromatic N) is 2. The number of nitriles is 1. The summed E-state index contributed by atoms with van der Waals surface area (Å²) < 4.78 is 5.57. The van der Waals surface area contributed by atoms with Crippen LogP contribution in [0.1, 0.15) is 22.3 Å². The van der Waals surface area contributed by atoms with Gasteiger partial charge in [0.15, 0.2) is 0 Å². The first-order chi connectivity index (χ1) is 13.4. The molecular formula is C24H21N2O. The van der Waals surface area contributed by atoms with Gasteiger partial charge in [-0.2, -0.15) is 5.26 Å². The van der Waals surface area contributed by atoms with Crippen LogP contribution in [-0.4, -0.2) is 26.3 Å². The highest BCUT2D eigenvalue weighted by molar-refractivity contribution is 5.85. The number of aryl methyl sites for hydroxylation is 1. The van der Waals surface area contributed by atoms with E-state index in [1.807, 2.05) is 12.8 Å². The molecule has 133 valence electrons. The highest BCUT2D eigenvalue weighted by Crippen LogP contribution is 2.45. The lowest BCUT2D eigenvalue weighted by Crippen LogP contribution is -2.38. The zero-order chi connectivity index (χ0) is 18.2. The SMILES string of the molecule is N#Cc1c([C]2[CH][CH][CH][CH]2)cc2c(c1N1CCOCC1)CCc1ccccc1-2. The van der Waals surface area contributed by atoms with E-state index in [0.29, 0.717) is 0 Å². The van der Waals surface area contributed by atoms with E-state index in [4.69, 9.17) is 4.74 Å². The number of anilines is 1. The topological polar surface area (TPSA) is 36.3 Å². The van der Waals surface area contributed by atoms with Crippen molar-refractivity contribution in [2.24, 2.45) is 0 Å². The van der Waals surface area contributed by atoms with Crippen molar-refractivity contribution in [3.63, 3.8) is 0 Å². The van der Waals surface area contributed by atoms with E-state index in [-0.39, 0.29) is 0 Å². The van der Waals surface area contributed by atoms with Gasteiger partial charge in [0.05, 0.1) is 24.5 Å². The summed E-state index contributed by atoms with van der Waals surface area (Å²) in [5.74, 6) is 1.12. The lowest BCUT2D eigenvalue weighted by molar-refractivity contribution is 0.122. The van der Waals surface area contributed by atoms with Gasteiger partial charge < -0.3 is 9.64 Å². The molecule has 0 unspecified atom stereocenters. The molecule has 5 rings (SSSR count). The average molecular weight is 353 g/mol.